The number of carbonyl (C=O) groups excluding carboxylic acids is 2. The molecule has 0 atom stereocenters. The number of thiophene rings is 1. The number of carbonyl (C=O) groups is 2. The molecule has 4 nitrogen and oxygen atoms in total. The Hall–Kier alpha value is -2.14. The Morgan fingerprint density at radius 3 is 2.68 bits per heavy atom. The van der Waals surface area contributed by atoms with Gasteiger partial charge in [0.15, 0.2) is 0 Å². The van der Waals surface area contributed by atoms with Crippen LogP contribution in [0.3, 0.4) is 0 Å². The third-order valence-corrected chi connectivity index (χ3v) is 5.55. The van der Waals surface area contributed by atoms with Gasteiger partial charge in [-0.3, -0.25) is 9.59 Å². The van der Waals surface area contributed by atoms with E-state index in [9.17, 15) is 9.59 Å². The van der Waals surface area contributed by atoms with Crippen LogP contribution in [0.4, 0.5) is 0 Å². The van der Waals surface area contributed by atoms with Gasteiger partial charge in [0.2, 0.25) is 11.8 Å². The first-order valence-corrected chi connectivity index (χ1v) is 9.63. The number of nitrogens with one attached hydrogen (secondary N) is 1. The quantitative estimate of drug-likeness (QED) is 0.895. The number of hydrogen-bond acceptors (Lipinski definition) is 3. The van der Waals surface area contributed by atoms with Crippen LogP contribution in [-0.4, -0.2) is 29.8 Å². The van der Waals surface area contributed by atoms with E-state index in [2.05, 4.69) is 11.4 Å². The molecule has 1 fully saturated rings. The van der Waals surface area contributed by atoms with Crippen molar-refractivity contribution in [2.45, 2.75) is 32.7 Å². The van der Waals surface area contributed by atoms with E-state index in [0.29, 0.717) is 26.1 Å². The number of amides is 2. The van der Waals surface area contributed by atoms with E-state index in [4.69, 9.17) is 0 Å². The molecule has 5 heteroatoms. The summed E-state index contributed by atoms with van der Waals surface area (Å²) in [6, 6.07) is 12.1. The summed E-state index contributed by atoms with van der Waals surface area (Å²) in [5.74, 6) is 0.281. The SMILES string of the molecule is Cc1cccc(CNC(=O)C2CCN(C(=O)Cc3cccs3)CC2)c1. The van der Waals surface area contributed by atoms with Crippen LogP contribution >= 0.6 is 11.3 Å². The van der Waals surface area contributed by atoms with Crippen LogP contribution in [0, 0.1) is 12.8 Å². The Kier molecular flexibility index (Phi) is 5.87. The number of piperidine rings is 1. The van der Waals surface area contributed by atoms with E-state index in [1.165, 1.54) is 5.56 Å². The summed E-state index contributed by atoms with van der Waals surface area (Å²) in [7, 11) is 0. The second-order valence-electron chi connectivity index (χ2n) is 6.62. The maximum absolute atomic E-state index is 12.4. The minimum absolute atomic E-state index is 0.00981. The Labute approximate surface area is 152 Å². The molecule has 0 radical (unpaired) electrons. The van der Waals surface area contributed by atoms with Crippen LogP contribution < -0.4 is 5.32 Å². The molecule has 3 rings (SSSR count). The number of benzene rings is 1. The molecule has 1 aromatic carbocycles. The molecule has 0 spiro atoms. The van der Waals surface area contributed by atoms with E-state index >= 15 is 0 Å². The van der Waals surface area contributed by atoms with Crippen LogP contribution in [0.5, 0.6) is 0 Å². The average molecular weight is 356 g/mol. The lowest BCUT2D eigenvalue weighted by Crippen LogP contribution is -2.43. The second-order valence-corrected chi connectivity index (χ2v) is 7.65. The van der Waals surface area contributed by atoms with Crippen LogP contribution in [0.2, 0.25) is 0 Å². The van der Waals surface area contributed by atoms with Crippen molar-refractivity contribution in [2.24, 2.45) is 5.92 Å². The van der Waals surface area contributed by atoms with Crippen molar-refractivity contribution in [3.63, 3.8) is 0 Å². The summed E-state index contributed by atoms with van der Waals surface area (Å²) in [6.07, 6.45) is 1.97. The van der Waals surface area contributed by atoms with Gasteiger partial charge in [0.05, 0.1) is 6.42 Å². The summed E-state index contributed by atoms with van der Waals surface area (Å²) in [4.78, 5) is 27.7. The van der Waals surface area contributed by atoms with Crippen molar-refractivity contribution >= 4 is 23.2 Å². The average Bonchev–Trinajstić information content (AvgIpc) is 3.13. The Morgan fingerprint density at radius 2 is 2.00 bits per heavy atom. The molecule has 2 aromatic rings. The fourth-order valence-electron chi connectivity index (χ4n) is 3.22. The summed E-state index contributed by atoms with van der Waals surface area (Å²) in [5, 5.41) is 5.03. The molecule has 132 valence electrons. The third-order valence-electron chi connectivity index (χ3n) is 4.67. The van der Waals surface area contributed by atoms with E-state index in [1.807, 2.05) is 47.5 Å². The van der Waals surface area contributed by atoms with Gasteiger partial charge in [-0.2, -0.15) is 0 Å². The first-order valence-electron chi connectivity index (χ1n) is 8.75. The van der Waals surface area contributed by atoms with Gasteiger partial charge in [0, 0.05) is 30.4 Å². The van der Waals surface area contributed by atoms with Gasteiger partial charge < -0.3 is 10.2 Å². The lowest BCUT2D eigenvalue weighted by atomic mass is 9.95. The maximum atomic E-state index is 12.4. The van der Waals surface area contributed by atoms with Gasteiger partial charge >= 0.3 is 0 Å². The lowest BCUT2D eigenvalue weighted by molar-refractivity contribution is -0.135. The van der Waals surface area contributed by atoms with Crippen molar-refractivity contribution in [1.82, 2.24) is 10.2 Å². The Bertz CT molecular complexity index is 719. The third kappa shape index (κ3) is 4.92. The molecule has 1 N–H and O–H groups in total. The molecule has 25 heavy (non-hydrogen) atoms. The topological polar surface area (TPSA) is 49.4 Å². The molecule has 2 amide bonds. The van der Waals surface area contributed by atoms with Gasteiger partial charge in [0.25, 0.3) is 0 Å². The van der Waals surface area contributed by atoms with Crippen LogP contribution in [0.25, 0.3) is 0 Å². The first-order chi connectivity index (χ1) is 12.1. The lowest BCUT2D eigenvalue weighted by Gasteiger charge is -2.31. The number of nitrogens with zero attached hydrogens (tertiary/aromatic N) is 1. The Morgan fingerprint density at radius 1 is 1.20 bits per heavy atom. The van der Waals surface area contributed by atoms with Gasteiger partial charge in [-0.25, -0.2) is 0 Å². The minimum Gasteiger partial charge on any atom is -0.352 e. The van der Waals surface area contributed by atoms with Crippen molar-refractivity contribution < 1.29 is 9.59 Å². The zero-order valence-corrected chi connectivity index (χ0v) is 15.3. The molecule has 1 aliphatic heterocycles. The second kappa shape index (κ2) is 8.30. The number of hydrogen-bond donors (Lipinski definition) is 1. The number of likely N-dealkylation sites (tertiary alicyclic amines) is 1. The fourth-order valence-corrected chi connectivity index (χ4v) is 3.92. The van der Waals surface area contributed by atoms with Gasteiger partial charge in [0.1, 0.15) is 0 Å². The molecule has 1 aliphatic rings. The largest absolute Gasteiger partial charge is 0.352 e. The summed E-state index contributed by atoms with van der Waals surface area (Å²) in [5.41, 5.74) is 2.32. The van der Waals surface area contributed by atoms with Crippen molar-refractivity contribution in [3.05, 3.63) is 57.8 Å². The standard InChI is InChI=1S/C20H24N2O2S/c1-15-4-2-5-16(12-15)14-21-20(24)17-7-9-22(10-8-17)19(23)13-18-6-3-11-25-18/h2-6,11-12,17H,7-10,13-14H2,1H3,(H,21,24). The molecule has 0 saturated carbocycles. The highest BCUT2D eigenvalue weighted by Gasteiger charge is 2.27. The van der Waals surface area contributed by atoms with E-state index in [-0.39, 0.29) is 17.7 Å². The minimum atomic E-state index is 0.00981. The van der Waals surface area contributed by atoms with Crippen LogP contribution in [-0.2, 0) is 22.6 Å². The summed E-state index contributed by atoms with van der Waals surface area (Å²) >= 11 is 1.61. The summed E-state index contributed by atoms with van der Waals surface area (Å²) in [6.45, 7) is 3.96. The molecule has 0 aliphatic carbocycles. The molecule has 1 aromatic heterocycles. The van der Waals surface area contributed by atoms with Gasteiger partial charge in [-0.1, -0.05) is 35.9 Å². The van der Waals surface area contributed by atoms with E-state index in [1.54, 1.807) is 11.3 Å². The first kappa shape index (κ1) is 17.7. The Balaban J connectivity index is 1.43. The maximum Gasteiger partial charge on any atom is 0.227 e. The monoisotopic (exact) mass is 356 g/mol. The molecule has 1 saturated heterocycles. The fraction of sp³-hybridized carbons (Fsp3) is 0.400. The van der Waals surface area contributed by atoms with E-state index in [0.717, 1.165) is 23.3 Å². The molecular weight excluding hydrogens is 332 g/mol. The van der Waals surface area contributed by atoms with Crippen LogP contribution in [0.15, 0.2) is 41.8 Å². The molecular formula is C20H24N2O2S. The smallest absolute Gasteiger partial charge is 0.227 e. The zero-order chi connectivity index (χ0) is 17.6. The normalized spacial score (nSPS) is 15.2. The highest BCUT2D eigenvalue weighted by atomic mass is 32.1. The highest BCUT2D eigenvalue weighted by Crippen LogP contribution is 2.19. The highest BCUT2D eigenvalue weighted by molar-refractivity contribution is 7.10. The predicted molar refractivity (Wildman–Crippen MR) is 100 cm³/mol. The van der Waals surface area contributed by atoms with Gasteiger partial charge in [-0.05, 0) is 36.8 Å². The zero-order valence-electron chi connectivity index (χ0n) is 14.5. The molecule has 0 bridgehead atoms. The number of aryl methyl sites for hydroxylation is 1. The predicted octanol–water partition coefficient (Wildman–Crippen LogP) is 3.15. The van der Waals surface area contributed by atoms with Crippen molar-refractivity contribution in [3.8, 4) is 0 Å². The molecule has 0 unspecified atom stereocenters. The molecule has 2 heterocycles. The van der Waals surface area contributed by atoms with E-state index < -0.39 is 0 Å². The van der Waals surface area contributed by atoms with Crippen molar-refractivity contribution in [2.75, 3.05) is 13.1 Å². The van der Waals surface area contributed by atoms with Crippen molar-refractivity contribution in [1.29, 1.82) is 0 Å². The van der Waals surface area contributed by atoms with Gasteiger partial charge in [-0.15, -0.1) is 11.3 Å². The number of rotatable bonds is 5. The summed E-state index contributed by atoms with van der Waals surface area (Å²) < 4.78 is 0. The van der Waals surface area contributed by atoms with Crippen LogP contribution in [0.1, 0.15) is 28.8 Å².